The zero-order valence-electron chi connectivity index (χ0n) is 11.0. The van der Waals surface area contributed by atoms with Crippen LogP contribution in [0.2, 0.25) is 0 Å². The SMILES string of the molecule is CCN(C(=O)CCc1cc[nH]c1)c1ccc(N)cn1. The first-order valence-corrected chi connectivity index (χ1v) is 6.34. The third kappa shape index (κ3) is 3.34. The fourth-order valence-corrected chi connectivity index (χ4v) is 1.92. The van der Waals surface area contributed by atoms with E-state index in [0.29, 0.717) is 24.5 Å². The van der Waals surface area contributed by atoms with E-state index in [2.05, 4.69) is 9.97 Å². The minimum absolute atomic E-state index is 0.0703. The van der Waals surface area contributed by atoms with Crippen LogP contribution in [-0.2, 0) is 11.2 Å². The van der Waals surface area contributed by atoms with Crippen molar-refractivity contribution < 1.29 is 4.79 Å². The second-order valence-corrected chi connectivity index (χ2v) is 4.31. The first-order chi connectivity index (χ1) is 9.20. The number of nitrogens with one attached hydrogen (secondary N) is 1. The molecule has 0 spiro atoms. The second-order valence-electron chi connectivity index (χ2n) is 4.31. The first-order valence-electron chi connectivity index (χ1n) is 6.34. The summed E-state index contributed by atoms with van der Waals surface area (Å²) in [5, 5.41) is 0. The third-order valence-electron chi connectivity index (χ3n) is 2.95. The zero-order chi connectivity index (χ0) is 13.7. The molecule has 0 saturated heterocycles. The maximum atomic E-state index is 12.2. The summed E-state index contributed by atoms with van der Waals surface area (Å²) in [6.07, 6.45) is 6.53. The zero-order valence-corrected chi connectivity index (χ0v) is 11.0. The van der Waals surface area contributed by atoms with Crippen LogP contribution in [-0.4, -0.2) is 22.4 Å². The van der Waals surface area contributed by atoms with E-state index in [1.54, 1.807) is 23.2 Å². The molecule has 3 N–H and O–H groups in total. The van der Waals surface area contributed by atoms with Gasteiger partial charge in [-0.3, -0.25) is 9.69 Å². The van der Waals surface area contributed by atoms with E-state index in [9.17, 15) is 4.79 Å². The molecular weight excluding hydrogens is 240 g/mol. The Labute approximate surface area is 112 Å². The minimum Gasteiger partial charge on any atom is -0.397 e. The fourth-order valence-electron chi connectivity index (χ4n) is 1.92. The van der Waals surface area contributed by atoms with E-state index in [4.69, 9.17) is 5.73 Å². The maximum absolute atomic E-state index is 12.2. The van der Waals surface area contributed by atoms with Gasteiger partial charge in [-0.05, 0) is 37.1 Å². The van der Waals surface area contributed by atoms with Crippen molar-refractivity contribution in [2.75, 3.05) is 17.2 Å². The molecule has 2 rings (SSSR count). The molecule has 5 nitrogen and oxygen atoms in total. The standard InChI is InChI=1S/C14H18N4O/c1-2-18(13-5-4-12(15)10-17-13)14(19)6-3-11-7-8-16-9-11/h4-5,7-10,16H,2-3,6,15H2,1H3. The van der Waals surface area contributed by atoms with Gasteiger partial charge >= 0.3 is 0 Å². The van der Waals surface area contributed by atoms with Crippen molar-refractivity contribution in [2.24, 2.45) is 0 Å². The molecule has 0 atom stereocenters. The number of rotatable bonds is 5. The molecule has 0 aliphatic carbocycles. The number of nitrogens with zero attached hydrogens (tertiary/aromatic N) is 2. The number of nitrogens with two attached hydrogens (primary N) is 1. The normalized spacial score (nSPS) is 10.4. The number of carbonyl (C=O) groups is 1. The quantitative estimate of drug-likeness (QED) is 0.861. The molecule has 0 radical (unpaired) electrons. The average molecular weight is 258 g/mol. The summed E-state index contributed by atoms with van der Waals surface area (Å²) in [6.45, 7) is 2.54. The molecular formula is C14H18N4O. The van der Waals surface area contributed by atoms with Gasteiger partial charge < -0.3 is 10.7 Å². The Morgan fingerprint density at radius 1 is 1.42 bits per heavy atom. The van der Waals surface area contributed by atoms with Crippen LogP contribution >= 0.6 is 0 Å². The van der Waals surface area contributed by atoms with Crippen molar-refractivity contribution in [3.05, 3.63) is 42.4 Å². The maximum Gasteiger partial charge on any atom is 0.228 e. The lowest BCUT2D eigenvalue weighted by Gasteiger charge is -2.19. The molecule has 0 aliphatic heterocycles. The summed E-state index contributed by atoms with van der Waals surface area (Å²) in [5.41, 5.74) is 7.33. The van der Waals surface area contributed by atoms with Gasteiger partial charge in [0.25, 0.3) is 0 Å². The summed E-state index contributed by atoms with van der Waals surface area (Å²) in [4.78, 5) is 21.0. The Kier molecular flexibility index (Phi) is 4.18. The number of aromatic nitrogens is 2. The molecule has 2 aromatic rings. The Hall–Kier alpha value is -2.30. The monoisotopic (exact) mass is 258 g/mol. The number of carbonyl (C=O) groups excluding carboxylic acids is 1. The molecule has 1 amide bonds. The molecule has 0 aromatic carbocycles. The molecule has 0 aliphatic rings. The van der Waals surface area contributed by atoms with Crippen molar-refractivity contribution in [1.29, 1.82) is 0 Å². The van der Waals surface area contributed by atoms with E-state index >= 15 is 0 Å². The smallest absolute Gasteiger partial charge is 0.228 e. The van der Waals surface area contributed by atoms with Gasteiger partial charge in [-0.15, -0.1) is 0 Å². The van der Waals surface area contributed by atoms with Gasteiger partial charge in [-0.2, -0.15) is 0 Å². The summed E-state index contributed by atoms with van der Waals surface area (Å²) >= 11 is 0. The van der Waals surface area contributed by atoms with E-state index < -0.39 is 0 Å². The highest BCUT2D eigenvalue weighted by molar-refractivity contribution is 5.92. The van der Waals surface area contributed by atoms with Gasteiger partial charge in [-0.25, -0.2) is 4.98 Å². The number of hydrogen-bond acceptors (Lipinski definition) is 3. The van der Waals surface area contributed by atoms with E-state index in [-0.39, 0.29) is 5.91 Å². The van der Waals surface area contributed by atoms with E-state index in [1.807, 2.05) is 25.4 Å². The van der Waals surface area contributed by atoms with Crippen molar-refractivity contribution in [3.8, 4) is 0 Å². The van der Waals surface area contributed by atoms with Gasteiger partial charge in [0.15, 0.2) is 0 Å². The molecule has 0 bridgehead atoms. The first kappa shape index (κ1) is 13.1. The number of amides is 1. The van der Waals surface area contributed by atoms with Crippen molar-refractivity contribution in [2.45, 2.75) is 19.8 Å². The Balaban J connectivity index is 2.00. The fraction of sp³-hybridized carbons (Fsp3) is 0.286. The summed E-state index contributed by atoms with van der Waals surface area (Å²) in [5.74, 6) is 0.719. The predicted octanol–water partition coefficient (Wildman–Crippen LogP) is 1.98. The van der Waals surface area contributed by atoms with Crippen LogP contribution < -0.4 is 10.6 Å². The second kappa shape index (κ2) is 6.04. The van der Waals surface area contributed by atoms with Gasteiger partial charge in [-0.1, -0.05) is 0 Å². The van der Waals surface area contributed by atoms with Crippen LogP contribution in [0.5, 0.6) is 0 Å². The highest BCUT2D eigenvalue weighted by atomic mass is 16.2. The lowest BCUT2D eigenvalue weighted by atomic mass is 10.2. The Morgan fingerprint density at radius 3 is 2.84 bits per heavy atom. The number of aryl methyl sites for hydroxylation is 1. The molecule has 5 heteroatoms. The minimum atomic E-state index is 0.0703. The van der Waals surface area contributed by atoms with E-state index in [1.165, 1.54) is 0 Å². The Bertz CT molecular complexity index is 519. The van der Waals surface area contributed by atoms with Crippen molar-refractivity contribution >= 4 is 17.4 Å². The molecule has 19 heavy (non-hydrogen) atoms. The largest absolute Gasteiger partial charge is 0.397 e. The van der Waals surface area contributed by atoms with Crippen LogP contribution in [0.15, 0.2) is 36.8 Å². The molecule has 0 saturated carbocycles. The molecule has 0 unspecified atom stereocenters. The van der Waals surface area contributed by atoms with Gasteiger partial charge in [0.05, 0.1) is 11.9 Å². The summed E-state index contributed by atoms with van der Waals surface area (Å²) in [6, 6.07) is 5.50. The van der Waals surface area contributed by atoms with E-state index in [0.717, 1.165) is 12.0 Å². The van der Waals surface area contributed by atoms with Gasteiger partial charge in [0.1, 0.15) is 5.82 Å². The van der Waals surface area contributed by atoms with Crippen LogP contribution in [0.3, 0.4) is 0 Å². The van der Waals surface area contributed by atoms with Crippen LogP contribution in [0.4, 0.5) is 11.5 Å². The van der Waals surface area contributed by atoms with Crippen molar-refractivity contribution in [1.82, 2.24) is 9.97 Å². The molecule has 2 aromatic heterocycles. The summed E-state index contributed by atoms with van der Waals surface area (Å²) in [7, 11) is 0. The number of H-pyrrole nitrogens is 1. The van der Waals surface area contributed by atoms with Gasteiger partial charge in [0, 0.05) is 25.4 Å². The highest BCUT2D eigenvalue weighted by Gasteiger charge is 2.14. The van der Waals surface area contributed by atoms with Crippen LogP contribution in [0.25, 0.3) is 0 Å². The van der Waals surface area contributed by atoms with Crippen molar-refractivity contribution in [3.63, 3.8) is 0 Å². The summed E-state index contributed by atoms with van der Waals surface area (Å²) < 4.78 is 0. The molecule has 2 heterocycles. The highest BCUT2D eigenvalue weighted by Crippen LogP contribution is 2.14. The van der Waals surface area contributed by atoms with Crippen LogP contribution in [0.1, 0.15) is 18.9 Å². The third-order valence-corrected chi connectivity index (χ3v) is 2.95. The lowest BCUT2D eigenvalue weighted by molar-refractivity contribution is -0.118. The number of anilines is 2. The number of hydrogen-bond donors (Lipinski definition) is 2. The number of nitrogen functional groups attached to an aromatic ring is 1. The topological polar surface area (TPSA) is 75.0 Å². The lowest BCUT2D eigenvalue weighted by Crippen LogP contribution is -2.31. The number of aromatic amines is 1. The van der Waals surface area contributed by atoms with Crippen LogP contribution in [0, 0.1) is 0 Å². The van der Waals surface area contributed by atoms with Gasteiger partial charge in [0.2, 0.25) is 5.91 Å². The average Bonchev–Trinajstić information content (AvgIpc) is 2.92. The molecule has 100 valence electrons. The predicted molar refractivity (Wildman–Crippen MR) is 75.8 cm³/mol. The number of pyridine rings is 1. The Morgan fingerprint density at radius 2 is 2.26 bits per heavy atom. The molecule has 0 fully saturated rings.